The summed E-state index contributed by atoms with van der Waals surface area (Å²) in [5, 5.41) is 3.58. The number of hydrogen-bond acceptors (Lipinski definition) is 4. The maximum absolute atomic E-state index is 12.9. The van der Waals surface area contributed by atoms with Gasteiger partial charge in [0.05, 0.1) is 0 Å². The summed E-state index contributed by atoms with van der Waals surface area (Å²) in [6, 6.07) is 4.89. The van der Waals surface area contributed by atoms with Crippen LogP contribution >= 0.6 is 11.3 Å². The van der Waals surface area contributed by atoms with Crippen molar-refractivity contribution in [3.8, 4) is 0 Å². The molecule has 2 aliphatic rings. The Bertz CT molecular complexity index is 585. The van der Waals surface area contributed by atoms with Crippen molar-refractivity contribution in [1.29, 1.82) is 0 Å². The SMILES string of the molecule is CCc1ccc(S(=O)(=O)N(CC)C2CC3CCC(C2)N3)s1. The summed E-state index contributed by atoms with van der Waals surface area (Å²) >= 11 is 1.42. The van der Waals surface area contributed by atoms with E-state index in [0.717, 1.165) is 24.1 Å². The first kappa shape index (κ1) is 15.5. The van der Waals surface area contributed by atoms with Crippen LogP contribution in [0.5, 0.6) is 0 Å². The Hall–Kier alpha value is -0.430. The number of aryl methyl sites for hydroxylation is 1. The largest absolute Gasteiger partial charge is 0.311 e. The fourth-order valence-electron chi connectivity index (χ4n) is 3.69. The number of hydrogen-bond donors (Lipinski definition) is 1. The van der Waals surface area contributed by atoms with Crippen molar-refractivity contribution < 1.29 is 8.42 Å². The Morgan fingerprint density at radius 2 is 1.90 bits per heavy atom. The molecule has 2 unspecified atom stereocenters. The molecular weight excluding hydrogens is 304 g/mol. The monoisotopic (exact) mass is 328 g/mol. The second-order valence-corrected chi connectivity index (χ2v) is 9.33. The van der Waals surface area contributed by atoms with Crippen molar-refractivity contribution in [3.63, 3.8) is 0 Å². The fraction of sp³-hybridized carbons (Fsp3) is 0.733. The summed E-state index contributed by atoms with van der Waals surface area (Å²) < 4.78 is 28.1. The van der Waals surface area contributed by atoms with Crippen LogP contribution in [-0.2, 0) is 16.4 Å². The van der Waals surface area contributed by atoms with Gasteiger partial charge in [-0.1, -0.05) is 13.8 Å². The molecule has 0 aliphatic carbocycles. The molecule has 2 atom stereocenters. The van der Waals surface area contributed by atoms with Gasteiger partial charge in [-0.15, -0.1) is 11.3 Å². The van der Waals surface area contributed by atoms with Crippen LogP contribution in [0.2, 0.25) is 0 Å². The lowest BCUT2D eigenvalue weighted by Gasteiger charge is -2.36. The number of piperidine rings is 1. The lowest BCUT2D eigenvalue weighted by molar-refractivity contribution is 0.232. The number of nitrogens with zero attached hydrogens (tertiary/aromatic N) is 1. The topological polar surface area (TPSA) is 49.4 Å². The van der Waals surface area contributed by atoms with Crippen LogP contribution in [-0.4, -0.2) is 37.4 Å². The Balaban J connectivity index is 1.84. The summed E-state index contributed by atoms with van der Waals surface area (Å²) in [4.78, 5) is 1.13. The molecule has 6 heteroatoms. The molecular formula is C15H24N2O2S2. The molecule has 3 heterocycles. The van der Waals surface area contributed by atoms with Crippen LogP contribution in [0.4, 0.5) is 0 Å². The molecule has 1 N–H and O–H groups in total. The Morgan fingerprint density at radius 1 is 1.24 bits per heavy atom. The van der Waals surface area contributed by atoms with E-state index in [0.29, 0.717) is 22.8 Å². The van der Waals surface area contributed by atoms with Gasteiger partial charge in [0.1, 0.15) is 4.21 Å². The van der Waals surface area contributed by atoms with Gasteiger partial charge in [-0.2, -0.15) is 4.31 Å². The van der Waals surface area contributed by atoms with Crippen molar-refractivity contribution in [2.45, 2.75) is 68.3 Å². The average molecular weight is 329 g/mol. The number of rotatable bonds is 5. The summed E-state index contributed by atoms with van der Waals surface area (Å²) in [5.74, 6) is 0. The van der Waals surface area contributed by atoms with Gasteiger partial charge in [-0.3, -0.25) is 0 Å². The van der Waals surface area contributed by atoms with Crippen LogP contribution in [0, 0.1) is 0 Å². The van der Waals surface area contributed by atoms with E-state index in [2.05, 4.69) is 12.2 Å². The van der Waals surface area contributed by atoms with E-state index in [1.807, 2.05) is 13.0 Å². The van der Waals surface area contributed by atoms with E-state index in [-0.39, 0.29) is 6.04 Å². The van der Waals surface area contributed by atoms with E-state index in [1.54, 1.807) is 10.4 Å². The van der Waals surface area contributed by atoms with Gasteiger partial charge in [0.25, 0.3) is 10.0 Å². The number of sulfonamides is 1. The van der Waals surface area contributed by atoms with Crippen LogP contribution < -0.4 is 5.32 Å². The maximum atomic E-state index is 12.9. The van der Waals surface area contributed by atoms with Crippen molar-refractivity contribution >= 4 is 21.4 Å². The Labute approximate surface area is 131 Å². The highest BCUT2D eigenvalue weighted by atomic mass is 32.2. The lowest BCUT2D eigenvalue weighted by Crippen LogP contribution is -2.49. The molecule has 0 spiro atoms. The molecule has 118 valence electrons. The summed E-state index contributed by atoms with van der Waals surface area (Å²) in [7, 11) is -3.34. The van der Waals surface area contributed by atoms with Gasteiger partial charge >= 0.3 is 0 Å². The molecule has 0 saturated carbocycles. The van der Waals surface area contributed by atoms with Gasteiger partial charge in [-0.25, -0.2) is 8.42 Å². The molecule has 2 fully saturated rings. The minimum atomic E-state index is -3.34. The molecule has 0 amide bonds. The van der Waals surface area contributed by atoms with Gasteiger partial charge in [0.15, 0.2) is 0 Å². The van der Waals surface area contributed by atoms with E-state index >= 15 is 0 Å². The lowest BCUT2D eigenvalue weighted by atomic mass is 10.00. The van der Waals surface area contributed by atoms with Gasteiger partial charge < -0.3 is 5.32 Å². The second kappa shape index (κ2) is 5.99. The number of nitrogens with one attached hydrogen (secondary N) is 1. The minimum absolute atomic E-state index is 0.158. The Kier molecular flexibility index (Phi) is 4.41. The first-order valence-electron chi connectivity index (χ1n) is 7.91. The molecule has 2 saturated heterocycles. The zero-order chi connectivity index (χ0) is 15.0. The molecule has 4 nitrogen and oxygen atoms in total. The van der Waals surface area contributed by atoms with Crippen molar-refractivity contribution in [2.24, 2.45) is 0 Å². The smallest absolute Gasteiger partial charge is 0.252 e. The normalized spacial score (nSPS) is 29.2. The molecule has 2 aliphatic heterocycles. The number of thiophene rings is 1. The third-order valence-electron chi connectivity index (χ3n) is 4.72. The molecule has 0 aromatic carbocycles. The molecule has 1 aromatic rings. The molecule has 2 bridgehead atoms. The standard InChI is InChI=1S/C15H24N2O2S2/c1-3-14-7-8-15(20-14)21(18,19)17(4-2)13-9-11-5-6-12(10-13)16-11/h7-8,11-13,16H,3-6,9-10H2,1-2H3. The summed E-state index contributed by atoms with van der Waals surface area (Å²) in [6.45, 7) is 4.58. The molecule has 3 rings (SSSR count). The van der Waals surface area contributed by atoms with Crippen LogP contribution in [0.25, 0.3) is 0 Å². The second-order valence-electron chi connectivity index (χ2n) is 6.05. The zero-order valence-electron chi connectivity index (χ0n) is 12.7. The fourth-order valence-corrected chi connectivity index (χ4v) is 6.77. The highest BCUT2D eigenvalue weighted by Gasteiger charge is 2.40. The Morgan fingerprint density at radius 3 is 2.43 bits per heavy atom. The highest BCUT2D eigenvalue weighted by Crippen LogP contribution is 2.34. The van der Waals surface area contributed by atoms with Crippen molar-refractivity contribution in [2.75, 3.05) is 6.54 Å². The van der Waals surface area contributed by atoms with E-state index in [4.69, 9.17) is 0 Å². The maximum Gasteiger partial charge on any atom is 0.252 e. The predicted molar refractivity (Wildman–Crippen MR) is 86.2 cm³/mol. The first-order chi connectivity index (χ1) is 10.0. The van der Waals surface area contributed by atoms with Gasteiger partial charge in [0.2, 0.25) is 0 Å². The quantitative estimate of drug-likeness (QED) is 0.904. The van der Waals surface area contributed by atoms with Crippen molar-refractivity contribution in [3.05, 3.63) is 17.0 Å². The van der Waals surface area contributed by atoms with E-state index in [1.165, 1.54) is 24.2 Å². The minimum Gasteiger partial charge on any atom is -0.311 e. The average Bonchev–Trinajstić information content (AvgIpc) is 3.06. The van der Waals surface area contributed by atoms with Crippen LogP contribution in [0.1, 0.15) is 44.4 Å². The van der Waals surface area contributed by atoms with Gasteiger partial charge in [0, 0.05) is 29.5 Å². The van der Waals surface area contributed by atoms with Crippen LogP contribution in [0.3, 0.4) is 0 Å². The summed E-state index contributed by atoms with van der Waals surface area (Å²) in [6.07, 6.45) is 5.18. The van der Waals surface area contributed by atoms with Crippen molar-refractivity contribution in [1.82, 2.24) is 9.62 Å². The highest BCUT2D eigenvalue weighted by molar-refractivity contribution is 7.91. The van der Waals surface area contributed by atoms with E-state index < -0.39 is 10.0 Å². The predicted octanol–water partition coefficient (Wildman–Crippen LogP) is 2.60. The number of fused-ring (bicyclic) bond motifs is 2. The molecule has 1 aromatic heterocycles. The molecule has 21 heavy (non-hydrogen) atoms. The molecule has 0 radical (unpaired) electrons. The summed E-state index contributed by atoms with van der Waals surface area (Å²) in [5.41, 5.74) is 0. The first-order valence-corrected chi connectivity index (χ1v) is 10.2. The zero-order valence-corrected chi connectivity index (χ0v) is 14.3. The van der Waals surface area contributed by atoms with Gasteiger partial charge in [-0.05, 0) is 44.2 Å². The third kappa shape index (κ3) is 2.91. The van der Waals surface area contributed by atoms with E-state index in [9.17, 15) is 8.42 Å². The van der Waals surface area contributed by atoms with Crippen LogP contribution in [0.15, 0.2) is 16.3 Å². The third-order valence-corrected chi connectivity index (χ3v) is 8.44.